The number of rotatable bonds is 3. The highest BCUT2D eigenvalue weighted by atomic mass is 127. The molecule has 7 heteroatoms. The van der Waals surface area contributed by atoms with Gasteiger partial charge in [0.1, 0.15) is 0 Å². The summed E-state index contributed by atoms with van der Waals surface area (Å²) in [6, 6.07) is 5.81. The van der Waals surface area contributed by atoms with E-state index >= 15 is 0 Å². The largest absolute Gasteiger partial charge is 0.416 e. The highest BCUT2D eigenvalue weighted by Gasteiger charge is 2.40. The molecule has 1 aromatic rings. The summed E-state index contributed by atoms with van der Waals surface area (Å²) in [5.41, 5.74) is 0.0138. The van der Waals surface area contributed by atoms with Gasteiger partial charge in [0.05, 0.1) is 5.56 Å². The van der Waals surface area contributed by atoms with Crippen molar-refractivity contribution >= 4 is 29.9 Å². The van der Waals surface area contributed by atoms with E-state index < -0.39 is 11.7 Å². The number of hydrogen-bond donors (Lipinski definition) is 1. The van der Waals surface area contributed by atoms with E-state index in [9.17, 15) is 13.2 Å². The Hall–Kier alpha value is -0.990. The molecular weight excluding hydrogens is 442 g/mol. The molecule has 25 heavy (non-hydrogen) atoms. The number of alkyl halides is 3. The quantitative estimate of drug-likeness (QED) is 0.405. The van der Waals surface area contributed by atoms with Crippen LogP contribution in [0.25, 0.3) is 0 Å². The summed E-state index contributed by atoms with van der Waals surface area (Å²) >= 11 is 0. The number of halogens is 4. The summed E-state index contributed by atoms with van der Waals surface area (Å²) in [6.07, 6.45) is 0.926. The maximum absolute atomic E-state index is 13.0. The molecule has 1 aliphatic carbocycles. The average Bonchev–Trinajstić information content (AvgIpc) is 3.03. The van der Waals surface area contributed by atoms with Gasteiger partial charge >= 0.3 is 6.18 Å². The third kappa shape index (κ3) is 4.41. The number of nitrogens with one attached hydrogen (secondary N) is 1. The van der Waals surface area contributed by atoms with Gasteiger partial charge in [0.15, 0.2) is 5.96 Å². The minimum absolute atomic E-state index is 0. The molecule has 1 saturated heterocycles. The van der Waals surface area contributed by atoms with Gasteiger partial charge in [0, 0.05) is 32.1 Å². The van der Waals surface area contributed by atoms with Gasteiger partial charge in [0.25, 0.3) is 0 Å². The second-order valence-electron chi connectivity index (χ2n) is 6.81. The predicted octanol–water partition coefficient (Wildman–Crippen LogP) is 4.42. The highest BCUT2D eigenvalue weighted by Crippen LogP contribution is 2.44. The SMILES string of the molecule is CN=C(NCC1(c2cccc(C(F)(F)F)c2)CCC1)N1CCCC1.I. The standard InChI is InChI=1S/C18H24F3N3.HI/c1-22-16(24-10-2-3-11-24)23-13-17(8-5-9-17)14-6-4-7-15(12-14)18(19,20)21;/h4,6-7,12H,2-3,5,8-11,13H2,1H3,(H,22,23);1H. The number of aliphatic imine (C=N–C) groups is 1. The van der Waals surface area contributed by atoms with E-state index in [0.717, 1.165) is 49.9 Å². The van der Waals surface area contributed by atoms with Crippen molar-refractivity contribution in [2.45, 2.75) is 43.7 Å². The highest BCUT2D eigenvalue weighted by molar-refractivity contribution is 14.0. The first-order valence-corrected chi connectivity index (χ1v) is 8.58. The maximum Gasteiger partial charge on any atom is 0.416 e. The van der Waals surface area contributed by atoms with E-state index in [1.165, 1.54) is 25.0 Å². The molecule has 0 bridgehead atoms. The van der Waals surface area contributed by atoms with Crippen molar-refractivity contribution < 1.29 is 13.2 Å². The van der Waals surface area contributed by atoms with Crippen molar-refractivity contribution in [3.05, 3.63) is 35.4 Å². The van der Waals surface area contributed by atoms with E-state index in [-0.39, 0.29) is 29.4 Å². The molecule has 3 rings (SSSR count). The first-order valence-electron chi connectivity index (χ1n) is 8.58. The third-order valence-electron chi connectivity index (χ3n) is 5.32. The van der Waals surface area contributed by atoms with Gasteiger partial charge in [-0.05, 0) is 37.3 Å². The number of likely N-dealkylation sites (tertiary alicyclic amines) is 1. The van der Waals surface area contributed by atoms with E-state index in [1.807, 2.05) is 6.07 Å². The van der Waals surface area contributed by atoms with E-state index in [2.05, 4.69) is 15.2 Å². The van der Waals surface area contributed by atoms with Crippen LogP contribution in [-0.2, 0) is 11.6 Å². The molecule has 0 spiro atoms. The molecule has 1 N–H and O–H groups in total. The van der Waals surface area contributed by atoms with Crippen LogP contribution < -0.4 is 5.32 Å². The van der Waals surface area contributed by atoms with E-state index in [4.69, 9.17) is 0 Å². The number of benzene rings is 1. The van der Waals surface area contributed by atoms with Crippen molar-refractivity contribution in [2.24, 2.45) is 4.99 Å². The van der Waals surface area contributed by atoms with Crippen LogP contribution in [0.1, 0.15) is 43.2 Å². The zero-order chi connectivity index (χ0) is 17.2. The van der Waals surface area contributed by atoms with Crippen LogP contribution in [0.2, 0.25) is 0 Å². The van der Waals surface area contributed by atoms with E-state index in [0.29, 0.717) is 6.54 Å². The Morgan fingerprint density at radius 3 is 2.40 bits per heavy atom. The molecule has 2 fully saturated rings. The molecule has 1 heterocycles. The van der Waals surface area contributed by atoms with Crippen molar-refractivity contribution in [2.75, 3.05) is 26.7 Å². The second-order valence-corrected chi connectivity index (χ2v) is 6.81. The van der Waals surface area contributed by atoms with Gasteiger partial charge in [0.2, 0.25) is 0 Å². The first-order chi connectivity index (χ1) is 11.4. The second kappa shape index (κ2) is 8.14. The topological polar surface area (TPSA) is 27.6 Å². The lowest BCUT2D eigenvalue weighted by molar-refractivity contribution is -0.137. The third-order valence-corrected chi connectivity index (χ3v) is 5.32. The van der Waals surface area contributed by atoms with Crippen LogP contribution in [0.3, 0.4) is 0 Å². The van der Waals surface area contributed by atoms with Crippen LogP contribution in [0.5, 0.6) is 0 Å². The van der Waals surface area contributed by atoms with E-state index in [1.54, 1.807) is 7.05 Å². The Kier molecular flexibility index (Phi) is 6.62. The van der Waals surface area contributed by atoms with Crippen LogP contribution in [0, 0.1) is 0 Å². The Bertz CT molecular complexity index is 606. The van der Waals surface area contributed by atoms with Gasteiger partial charge in [-0.15, -0.1) is 24.0 Å². The fraction of sp³-hybridized carbons (Fsp3) is 0.611. The zero-order valence-electron chi connectivity index (χ0n) is 14.4. The van der Waals surface area contributed by atoms with Gasteiger partial charge in [-0.3, -0.25) is 4.99 Å². The van der Waals surface area contributed by atoms with Crippen molar-refractivity contribution in [3.63, 3.8) is 0 Å². The zero-order valence-corrected chi connectivity index (χ0v) is 16.7. The van der Waals surface area contributed by atoms with Gasteiger partial charge in [-0.2, -0.15) is 13.2 Å². The summed E-state index contributed by atoms with van der Waals surface area (Å²) in [4.78, 5) is 6.55. The molecule has 140 valence electrons. The molecule has 0 amide bonds. The molecular formula is C18H25F3IN3. The average molecular weight is 467 g/mol. The fourth-order valence-corrected chi connectivity index (χ4v) is 3.71. The van der Waals surface area contributed by atoms with Crippen molar-refractivity contribution in [1.29, 1.82) is 0 Å². The summed E-state index contributed by atoms with van der Waals surface area (Å²) < 4.78 is 39.0. The monoisotopic (exact) mass is 467 g/mol. The Labute approximate surface area is 164 Å². The summed E-state index contributed by atoms with van der Waals surface area (Å²) in [5.74, 6) is 0.866. The lowest BCUT2D eigenvalue weighted by Crippen LogP contribution is -2.49. The van der Waals surface area contributed by atoms with Crippen LogP contribution in [0.4, 0.5) is 13.2 Å². The molecule has 2 aliphatic rings. The van der Waals surface area contributed by atoms with Gasteiger partial charge in [-0.25, -0.2) is 0 Å². The number of nitrogens with zero attached hydrogens (tertiary/aromatic N) is 2. The molecule has 0 atom stereocenters. The molecule has 0 aromatic heterocycles. The van der Waals surface area contributed by atoms with Crippen molar-refractivity contribution in [1.82, 2.24) is 10.2 Å². The number of hydrogen-bond acceptors (Lipinski definition) is 1. The summed E-state index contributed by atoms with van der Waals surface area (Å²) in [5, 5.41) is 3.41. The Morgan fingerprint density at radius 2 is 1.88 bits per heavy atom. The summed E-state index contributed by atoms with van der Waals surface area (Å²) in [7, 11) is 1.76. The fourth-order valence-electron chi connectivity index (χ4n) is 3.71. The normalized spacial score (nSPS) is 20.0. The lowest BCUT2D eigenvalue weighted by atomic mass is 9.64. The van der Waals surface area contributed by atoms with Crippen LogP contribution >= 0.6 is 24.0 Å². The Morgan fingerprint density at radius 1 is 1.20 bits per heavy atom. The van der Waals surface area contributed by atoms with Gasteiger partial charge < -0.3 is 10.2 Å². The number of guanidine groups is 1. The predicted molar refractivity (Wildman–Crippen MR) is 105 cm³/mol. The molecule has 1 aromatic carbocycles. The molecule has 0 radical (unpaired) electrons. The Balaban J connectivity index is 0.00000225. The van der Waals surface area contributed by atoms with Crippen LogP contribution in [0.15, 0.2) is 29.3 Å². The molecule has 0 unspecified atom stereocenters. The molecule has 1 saturated carbocycles. The molecule has 1 aliphatic heterocycles. The van der Waals surface area contributed by atoms with Crippen LogP contribution in [-0.4, -0.2) is 37.5 Å². The smallest absolute Gasteiger partial charge is 0.355 e. The van der Waals surface area contributed by atoms with Gasteiger partial charge in [-0.1, -0.05) is 24.6 Å². The summed E-state index contributed by atoms with van der Waals surface area (Å²) in [6.45, 7) is 2.63. The minimum atomic E-state index is -4.29. The minimum Gasteiger partial charge on any atom is -0.355 e. The molecule has 3 nitrogen and oxygen atoms in total. The lowest BCUT2D eigenvalue weighted by Gasteiger charge is -2.43. The van der Waals surface area contributed by atoms with Crippen molar-refractivity contribution in [3.8, 4) is 0 Å². The maximum atomic E-state index is 13.0. The first kappa shape index (κ1) is 20.3.